The maximum absolute atomic E-state index is 11.8. The maximum atomic E-state index is 11.8. The standard InChI is InChI=1S/C20H25N3O3/c1-20(2,3)26-19(25)23-11-13-5-4-6-15(7-13)16-8-14(12-24)9-18(22)17(16)10-21/h4-10,21,24H,11-12,22H2,1-3H3,(H,23,25)/p+1. The number of amides is 1. The van der Waals surface area contributed by atoms with Crippen molar-refractivity contribution in [1.29, 1.82) is 0 Å². The van der Waals surface area contributed by atoms with Crippen LogP contribution in [0.2, 0.25) is 0 Å². The van der Waals surface area contributed by atoms with Gasteiger partial charge in [-0.15, -0.1) is 0 Å². The summed E-state index contributed by atoms with van der Waals surface area (Å²) < 4.78 is 5.24. The minimum absolute atomic E-state index is 0.109. The second-order valence-electron chi connectivity index (χ2n) is 7.03. The van der Waals surface area contributed by atoms with Crippen LogP contribution in [0.5, 0.6) is 0 Å². The van der Waals surface area contributed by atoms with E-state index < -0.39 is 11.7 Å². The van der Waals surface area contributed by atoms with E-state index in [1.54, 1.807) is 6.07 Å². The lowest BCUT2D eigenvalue weighted by Gasteiger charge is -2.19. The summed E-state index contributed by atoms with van der Waals surface area (Å²) >= 11 is 0. The van der Waals surface area contributed by atoms with Gasteiger partial charge < -0.3 is 20.9 Å². The molecule has 0 radical (unpaired) electrons. The SMILES string of the molecule is CC(C)(C)OC(=O)NCc1cccc(-c2cc(CO)cc(N)c2C=[NH2+])c1. The lowest BCUT2D eigenvalue weighted by molar-refractivity contribution is -0.104. The largest absolute Gasteiger partial charge is 0.444 e. The average Bonchev–Trinajstić information content (AvgIpc) is 2.58. The number of alkyl carbamates (subject to hydrolysis) is 1. The van der Waals surface area contributed by atoms with Gasteiger partial charge in [0, 0.05) is 12.2 Å². The van der Waals surface area contributed by atoms with Crippen LogP contribution in [-0.4, -0.2) is 23.0 Å². The molecule has 26 heavy (non-hydrogen) atoms. The zero-order valence-corrected chi connectivity index (χ0v) is 15.4. The van der Waals surface area contributed by atoms with E-state index in [2.05, 4.69) is 5.32 Å². The zero-order valence-electron chi connectivity index (χ0n) is 15.4. The number of aliphatic hydroxyl groups is 1. The number of carbonyl (C=O) groups excluding carboxylic acids is 1. The first-order valence-electron chi connectivity index (χ1n) is 8.38. The van der Waals surface area contributed by atoms with Crippen molar-refractivity contribution < 1.29 is 20.0 Å². The van der Waals surface area contributed by atoms with Gasteiger partial charge in [0.2, 0.25) is 0 Å². The first-order valence-corrected chi connectivity index (χ1v) is 8.38. The molecule has 6 nitrogen and oxygen atoms in total. The maximum Gasteiger partial charge on any atom is 0.407 e. The van der Waals surface area contributed by atoms with Gasteiger partial charge in [-0.25, -0.2) is 4.79 Å². The molecule has 0 spiro atoms. The highest BCUT2D eigenvalue weighted by Crippen LogP contribution is 2.29. The Kier molecular flexibility index (Phi) is 6.00. The molecule has 6 N–H and O–H groups in total. The summed E-state index contributed by atoms with van der Waals surface area (Å²) in [6.45, 7) is 5.67. The topological polar surface area (TPSA) is 110 Å². The highest BCUT2D eigenvalue weighted by Gasteiger charge is 2.16. The lowest BCUT2D eigenvalue weighted by Crippen LogP contribution is -2.32. The second kappa shape index (κ2) is 8.01. The molecule has 0 saturated carbocycles. The lowest BCUT2D eigenvalue weighted by atomic mass is 9.95. The van der Waals surface area contributed by atoms with E-state index >= 15 is 0 Å². The molecule has 2 aromatic rings. The average molecular weight is 356 g/mol. The fourth-order valence-corrected chi connectivity index (χ4v) is 2.59. The van der Waals surface area contributed by atoms with Gasteiger partial charge in [0.15, 0.2) is 6.21 Å². The van der Waals surface area contributed by atoms with Gasteiger partial charge in [0.1, 0.15) is 5.60 Å². The molecule has 0 unspecified atom stereocenters. The van der Waals surface area contributed by atoms with Crippen LogP contribution in [0.1, 0.15) is 37.5 Å². The number of nitrogens with two attached hydrogens (primary N) is 2. The molecule has 0 aliphatic rings. The monoisotopic (exact) mass is 356 g/mol. The van der Waals surface area contributed by atoms with Crippen molar-refractivity contribution >= 4 is 18.0 Å². The van der Waals surface area contributed by atoms with E-state index in [4.69, 9.17) is 15.9 Å². The van der Waals surface area contributed by atoms with Gasteiger partial charge >= 0.3 is 6.09 Å². The Labute approximate surface area is 153 Å². The summed E-state index contributed by atoms with van der Waals surface area (Å²) in [5.74, 6) is 0. The summed E-state index contributed by atoms with van der Waals surface area (Å²) in [6.07, 6.45) is 0.989. The van der Waals surface area contributed by atoms with Crippen LogP contribution in [0.3, 0.4) is 0 Å². The first kappa shape index (κ1) is 19.5. The molecular weight excluding hydrogens is 330 g/mol. The van der Waals surface area contributed by atoms with Gasteiger partial charge in [-0.1, -0.05) is 18.2 Å². The molecule has 0 aliphatic carbocycles. The summed E-state index contributed by atoms with van der Waals surface area (Å²) in [5, 5.41) is 17.9. The van der Waals surface area contributed by atoms with Crippen molar-refractivity contribution in [2.45, 2.75) is 39.5 Å². The quantitative estimate of drug-likeness (QED) is 0.482. The number of hydrogen-bond donors (Lipinski definition) is 4. The molecule has 0 aromatic heterocycles. The minimum Gasteiger partial charge on any atom is -0.444 e. The highest BCUT2D eigenvalue weighted by atomic mass is 16.6. The van der Waals surface area contributed by atoms with E-state index in [1.165, 1.54) is 6.21 Å². The number of aliphatic hydroxyl groups excluding tert-OH is 1. The number of rotatable bonds is 5. The molecule has 1 amide bonds. The number of benzene rings is 2. The van der Waals surface area contributed by atoms with Crippen LogP contribution in [0.4, 0.5) is 10.5 Å². The summed E-state index contributed by atoms with van der Waals surface area (Å²) in [5.41, 5.74) is 10.1. The molecule has 0 fully saturated rings. The number of carbonyl (C=O) groups is 1. The van der Waals surface area contributed by atoms with Crippen molar-refractivity contribution in [2.24, 2.45) is 0 Å². The van der Waals surface area contributed by atoms with Gasteiger partial charge in [-0.2, -0.15) is 0 Å². The van der Waals surface area contributed by atoms with E-state index in [-0.39, 0.29) is 6.61 Å². The molecule has 0 aliphatic heterocycles. The molecule has 2 rings (SSSR count). The van der Waals surface area contributed by atoms with Gasteiger partial charge in [-0.05, 0) is 61.2 Å². The first-order chi connectivity index (χ1) is 12.2. The van der Waals surface area contributed by atoms with E-state index in [1.807, 2.05) is 51.1 Å². The molecule has 0 saturated heterocycles. The molecule has 2 aromatic carbocycles. The normalized spacial score (nSPS) is 11.1. The zero-order chi connectivity index (χ0) is 19.3. The van der Waals surface area contributed by atoms with Crippen LogP contribution in [-0.2, 0) is 17.9 Å². The molecule has 138 valence electrons. The molecule has 0 bridgehead atoms. The molecule has 0 heterocycles. The van der Waals surface area contributed by atoms with Crippen LogP contribution in [0.15, 0.2) is 36.4 Å². The van der Waals surface area contributed by atoms with Gasteiger partial charge in [0.25, 0.3) is 0 Å². The Balaban J connectivity index is 2.26. The van der Waals surface area contributed by atoms with Gasteiger partial charge in [0.05, 0.1) is 12.2 Å². The van der Waals surface area contributed by atoms with Crippen LogP contribution in [0, 0.1) is 0 Å². The fraction of sp³-hybridized carbons (Fsp3) is 0.300. The predicted molar refractivity (Wildman–Crippen MR) is 102 cm³/mol. The Morgan fingerprint density at radius 2 is 2.00 bits per heavy atom. The Morgan fingerprint density at radius 3 is 2.62 bits per heavy atom. The Bertz CT molecular complexity index is 810. The van der Waals surface area contributed by atoms with Crippen molar-refractivity contribution in [3.8, 4) is 11.1 Å². The third kappa shape index (κ3) is 5.07. The summed E-state index contributed by atoms with van der Waals surface area (Å²) in [4.78, 5) is 11.8. The summed E-state index contributed by atoms with van der Waals surface area (Å²) in [7, 11) is 0. The van der Waals surface area contributed by atoms with Crippen molar-refractivity contribution in [3.05, 3.63) is 53.1 Å². The van der Waals surface area contributed by atoms with Crippen molar-refractivity contribution in [2.75, 3.05) is 5.73 Å². The third-order valence-electron chi connectivity index (χ3n) is 3.69. The number of nitrogen functional groups attached to an aromatic ring is 1. The molecular formula is C20H26N3O3+. The Morgan fingerprint density at radius 1 is 1.27 bits per heavy atom. The van der Waals surface area contributed by atoms with E-state index in [0.717, 1.165) is 16.7 Å². The van der Waals surface area contributed by atoms with Crippen LogP contribution < -0.4 is 16.5 Å². The third-order valence-corrected chi connectivity index (χ3v) is 3.69. The summed E-state index contributed by atoms with van der Waals surface area (Å²) in [6, 6.07) is 11.2. The smallest absolute Gasteiger partial charge is 0.407 e. The van der Waals surface area contributed by atoms with Crippen molar-refractivity contribution in [3.63, 3.8) is 0 Å². The predicted octanol–water partition coefficient (Wildman–Crippen LogP) is 1.63. The van der Waals surface area contributed by atoms with E-state index in [0.29, 0.717) is 23.4 Å². The minimum atomic E-state index is -0.542. The number of ether oxygens (including phenoxy) is 1. The number of hydrogen-bond acceptors (Lipinski definition) is 4. The number of anilines is 1. The molecule has 6 heteroatoms. The van der Waals surface area contributed by atoms with Crippen LogP contribution in [0.25, 0.3) is 11.1 Å². The van der Waals surface area contributed by atoms with Gasteiger partial charge in [-0.3, -0.25) is 5.41 Å². The second-order valence-corrected chi connectivity index (χ2v) is 7.03. The highest BCUT2D eigenvalue weighted by molar-refractivity contribution is 5.94. The molecule has 0 atom stereocenters. The van der Waals surface area contributed by atoms with E-state index in [9.17, 15) is 9.90 Å². The Hall–Kier alpha value is -2.86. The number of nitrogens with one attached hydrogen (secondary N) is 1. The van der Waals surface area contributed by atoms with Crippen molar-refractivity contribution in [1.82, 2.24) is 5.32 Å². The van der Waals surface area contributed by atoms with Crippen LogP contribution >= 0.6 is 0 Å². The fourth-order valence-electron chi connectivity index (χ4n) is 2.59.